The molecule has 5 nitrogen and oxygen atoms in total. The molecule has 0 aromatic carbocycles. The molecule has 0 saturated carbocycles. The summed E-state index contributed by atoms with van der Waals surface area (Å²) in [5.74, 6) is 0. The van der Waals surface area contributed by atoms with Gasteiger partial charge in [0.2, 0.25) is 5.13 Å². The Hall–Kier alpha value is -1.69. The zero-order valence-electron chi connectivity index (χ0n) is 9.97. The smallest absolute Gasteiger partial charge is 0.261 e. The van der Waals surface area contributed by atoms with Crippen molar-refractivity contribution in [3.8, 4) is 10.6 Å². The molecule has 0 aliphatic carbocycles. The van der Waals surface area contributed by atoms with Crippen LogP contribution in [-0.2, 0) is 0 Å². The normalized spacial score (nSPS) is 10.8. The average molecular weight is 250 g/mol. The highest BCUT2D eigenvalue weighted by Crippen LogP contribution is 2.23. The molecule has 2 aromatic heterocycles. The van der Waals surface area contributed by atoms with Crippen LogP contribution >= 0.6 is 11.3 Å². The summed E-state index contributed by atoms with van der Waals surface area (Å²) in [5.41, 5.74) is 0.571. The molecule has 0 saturated heterocycles. The Bertz CT molecular complexity index is 573. The van der Waals surface area contributed by atoms with Crippen molar-refractivity contribution in [1.82, 2.24) is 14.8 Å². The van der Waals surface area contributed by atoms with Crippen LogP contribution in [0.1, 0.15) is 19.9 Å². The van der Waals surface area contributed by atoms with Crippen LogP contribution < -0.4 is 10.9 Å². The monoisotopic (exact) mass is 250 g/mol. The number of rotatable bonds is 3. The van der Waals surface area contributed by atoms with Crippen molar-refractivity contribution >= 4 is 16.5 Å². The molecule has 2 aromatic rings. The summed E-state index contributed by atoms with van der Waals surface area (Å²) < 4.78 is 1.69. The molecular weight excluding hydrogens is 236 g/mol. The molecule has 17 heavy (non-hydrogen) atoms. The van der Waals surface area contributed by atoms with E-state index in [1.54, 1.807) is 23.9 Å². The molecule has 1 N–H and O–H groups in total. The molecule has 0 radical (unpaired) electrons. The van der Waals surface area contributed by atoms with Crippen LogP contribution in [0.25, 0.3) is 10.6 Å². The topological polar surface area (TPSA) is 59.8 Å². The summed E-state index contributed by atoms with van der Waals surface area (Å²) in [6.45, 7) is 3.95. The summed E-state index contributed by atoms with van der Waals surface area (Å²) in [4.78, 5) is 12.2. The van der Waals surface area contributed by atoms with Gasteiger partial charge in [-0.15, -0.1) is 10.2 Å². The first kappa shape index (κ1) is 11.8. The molecule has 2 rings (SSSR count). The number of nitrogens with one attached hydrogen (secondary N) is 1. The van der Waals surface area contributed by atoms with Gasteiger partial charge in [-0.05, 0) is 26.0 Å². The van der Waals surface area contributed by atoms with Gasteiger partial charge < -0.3 is 9.88 Å². The maximum atomic E-state index is 12.2. The highest BCUT2D eigenvalue weighted by atomic mass is 32.1. The number of aromatic nitrogens is 3. The van der Waals surface area contributed by atoms with Gasteiger partial charge in [-0.2, -0.15) is 0 Å². The first-order valence-electron chi connectivity index (χ1n) is 5.36. The Balaban J connectivity index is 2.52. The van der Waals surface area contributed by atoms with E-state index >= 15 is 0 Å². The van der Waals surface area contributed by atoms with Gasteiger partial charge in [0.15, 0.2) is 5.01 Å². The summed E-state index contributed by atoms with van der Waals surface area (Å²) >= 11 is 1.37. The second-order valence-electron chi connectivity index (χ2n) is 3.89. The van der Waals surface area contributed by atoms with Crippen LogP contribution in [0, 0.1) is 0 Å². The van der Waals surface area contributed by atoms with E-state index in [1.165, 1.54) is 11.3 Å². The van der Waals surface area contributed by atoms with E-state index in [1.807, 2.05) is 19.9 Å². The fraction of sp³-hybridized carbons (Fsp3) is 0.364. The van der Waals surface area contributed by atoms with Crippen LogP contribution in [0.4, 0.5) is 5.13 Å². The molecule has 90 valence electrons. The van der Waals surface area contributed by atoms with Crippen LogP contribution in [-0.4, -0.2) is 21.8 Å². The summed E-state index contributed by atoms with van der Waals surface area (Å²) in [6, 6.07) is 3.78. The minimum atomic E-state index is -0.0266. The van der Waals surface area contributed by atoms with E-state index in [4.69, 9.17) is 0 Å². The standard InChI is InChI=1S/C11H14N4OS/c1-7(2)15-6-4-5-8(10(15)16)9-13-14-11(12-3)17-9/h4-7H,1-3H3,(H,12,14). The number of anilines is 1. The third-order valence-electron chi connectivity index (χ3n) is 2.40. The molecule has 2 heterocycles. The van der Waals surface area contributed by atoms with E-state index in [-0.39, 0.29) is 11.6 Å². The highest BCUT2D eigenvalue weighted by Gasteiger charge is 2.12. The minimum absolute atomic E-state index is 0.0266. The molecule has 0 spiro atoms. The minimum Gasteiger partial charge on any atom is -0.363 e. The zero-order valence-corrected chi connectivity index (χ0v) is 10.8. The molecule has 0 fully saturated rings. The Labute approximate surface area is 103 Å². The SMILES string of the molecule is CNc1nnc(-c2cccn(C(C)C)c2=O)s1. The second-order valence-corrected chi connectivity index (χ2v) is 4.87. The Kier molecular flexibility index (Phi) is 3.23. The number of hydrogen-bond donors (Lipinski definition) is 1. The van der Waals surface area contributed by atoms with Gasteiger partial charge >= 0.3 is 0 Å². The average Bonchev–Trinajstić information content (AvgIpc) is 2.77. The van der Waals surface area contributed by atoms with Gasteiger partial charge in [-0.25, -0.2) is 0 Å². The van der Waals surface area contributed by atoms with Crippen molar-refractivity contribution in [3.05, 3.63) is 28.7 Å². The highest BCUT2D eigenvalue weighted by molar-refractivity contribution is 7.18. The molecule has 6 heteroatoms. The van der Waals surface area contributed by atoms with E-state index in [0.717, 1.165) is 0 Å². The van der Waals surface area contributed by atoms with Gasteiger partial charge in [0.1, 0.15) is 0 Å². The quantitative estimate of drug-likeness (QED) is 0.905. The van der Waals surface area contributed by atoms with Gasteiger partial charge in [0.25, 0.3) is 5.56 Å². The fourth-order valence-corrected chi connectivity index (χ4v) is 2.23. The lowest BCUT2D eigenvalue weighted by Crippen LogP contribution is -2.22. The maximum absolute atomic E-state index is 12.2. The largest absolute Gasteiger partial charge is 0.363 e. The predicted octanol–water partition coefficient (Wildman–Crippen LogP) is 1.99. The van der Waals surface area contributed by atoms with E-state index < -0.39 is 0 Å². The number of pyridine rings is 1. The fourth-order valence-electron chi connectivity index (χ4n) is 1.51. The molecule has 0 aliphatic heterocycles. The number of hydrogen-bond acceptors (Lipinski definition) is 5. The van der Waals surface area contributed by atoms with Crippen molar-refractivity contribution in [3.63, 3.8) is 0 Å². The van der Waals surface area contributed by atoms with Gasteiger partial charge in [0, 0.05) is 19.3 Å². The lowest BCUT2D eigenvalue weighted by Gasteiger charge is -2.09. The third kappa shape index (κ3) is 2.21. The predicted molar refractivity (Wildman–Crippen MR) is 69.5 cm³/mol. The van der Waals surface area contributed by atoms with Crippen molar-refractivity contribution in [2.45, 2.75) is 19.9 Å². The molecule has 0 amide bonds. The third-order valence-corrected chi connectivity index (χ3v) is 3.37. The van der Waals surface area contributed by atoms with Gasteiger partial charge in [-0.3, -0.25) is 4.79 Å². The molecule has 0 atom stereocenters. The van der Waals surface area contributed by atoms with Crippen LogP contribution in [0.2, 0.25) is 0 Å². The Morgan fingerprint density at radius 2 is 2.18 bits per heavy atom. The summed E-state index contributed by atoms with van der Waals surface area (Å²) in [6.07, 6.45) is 1.79. The Morgan fingerprint density at radius 3 is 2.76 bits per heavy atom. The van der Waals surface area contributed by atoms with E-state index in [2.05, 4.69) is 15.5 Å². The van der Waals surface area contributed by atoms with Crippen molar-refractivity contribution in [1.29, 1.82) is 0 Å². The summed E-state index contributed by atoms with van der Waals surface area (Å²) in [5, 5.41) is 12.2. The zero-order chi connectivity index (χ0) is 12.4. The van der Waals surface area contributed by atoms with Crippen molar-refractivity contribution in [2.75, 3.05) is 12.4 Å². The van der Waals surface area contributed by atoms with Crippen molar-refractivity contribution in [2.24, 2.45) is 0 Å². The lowest BCUT2D eigenvalue weighted by atomic mass is 10.2. The second kappa shape index (κ2) is 4.67. The van der Waals surface area contributed by atoms with E-state index in [9.17, 15) is 4.79 Å². The van der Waals surface area contributed by atoms with Crippen LogP contribution in [0.15, 0.2) is 23.1 Å². The Morgan fingerprint density at radius 1 is 1.41 bits per heavy atom. The molecule has 0 unspecified atom stereocenters. The van der Waals surface area contributed by atoms with Crippen LogP contribution in [0.3, 0.4) is 0 Å². The molecule has 0 aliphatic rings. The molecule has 0 bridgehead atoms. The summed E-state index contributed by atoms with van der Waals surface area (Å²) in [7, 11) is 1.78. The first-order chi connectivity index (χ1) is 8.13. The van der Waals surface area contributed by atoms with Gasteiger partial charge in [0.05, 0.1) is 5.56 Å². The maximum Gasteiger partial charge on any atom is 0.261 e. The first-order valence-corrected chi connectivity index (χ1v) is 6.18. The lowest BCUT2D eigenvalue weighted by molar-refractivity contribution is 0.579. The van der Waals surface area contributed by atoms with E-state index in [0.29, 0.717) is 15.7 Å². The van der Waals surface area contributed by atoms with Gasteiger partial charge in [-0.1, -0.05) is 11.3 Å². The number of nitrogens with zero attached hydrogens (tertiary/aromatic N) is 3. The van der Waals surface area contributed by atoms with Crippen molar-refractivity contribution < 1.29 is 0 Å². The van der Waals surface area contributed by atoms with Crippen LogP contribution in [0.5, 0.6) is 0 Å². The molecular formula is C11H14N4OS.